The van der Waals surface area contributed by atoms with Gasteiger partial charge in [-0.1, -0.05) is 18.2 Å². The molecule has 0 spiro atoms. The quantitative estimate of drug-likeness (QED) is 0.776. The number of rotatable bonds is 5. The minimum absolute atomic E-state index is 0.0509. The predicted molar refractivity (Wildman–Crippen MR) is 81.3 cm³/mol. The van der Waals surface area contributed by atoms with Crippen LogP contribution in [-0.2, 0) is 16.0 Å². The van der Waals surface area contributed by atoms with Crippen LogP contribution in [0.2, 0.25) is 0 Å². The topological polar surface area (TPSA) is 78.4 Å². The van der Waals surface area contributed by atoms with Crippen molar-refractivity contribution in [3.05, 3.63) is 29.8 Å². The monoisotopic (exact) mass is 290 g/mol. The van der Waals surface area contributed by atoms with Gasteiger partial charge in [-0.2, -0.15) is 0 Å². The summed E-state index contributed by atoms with van der Waals surface area (Å²) >= 11 is 0. The first-order valence-corrected chi connectivity index (χ1v) is 7.37. The number of benzene rings is 1. The molecule has 1 amide bonds. The second-order valence-corrected chi connectivity index (χ2v) is 5.72. The predicted octanol–water partition coefficient (Wildman–Crippen LogP) is 2.17. The number of aliphatic carboxylic acids is 1. The highest BCUT2D eigenvalue weighted by atomic mass is 16.4. The number of para-hydroxylation sites is 1. The van der Waals surface area contributed by atoms with Gasteiger partial charge in [-0.3, -0.25) is 9.59 Å². The fraction of sp³-hybridized carbons (Fsp3) is 0.500. The van der Waals surface area contributed by atoms with Crippen molar-refractivity contribution in [3.8, 4) is 0 Å². The molecular formula is C16H22N2O3. The Balaban J connectivity index is 2.08. The molecule has 1 fully saturated rings. The molecule has 114 valence electrons. The van der Waals surface area contributed by atoms with Gasteiger partial charge in [0.05, 0.1) is 5.54 Å². The third-order valence-electron chi connectivity index (χ3n) is 3.99. The van der Waals surface area contributed by atoms with Gasteiger partial charge < -0.3 is 15.7 Å². The zero-order chi connectivity index (χ0) is 15.3. The van der Waals surface area contributed by atoms with E-state index in [9.17, 15) is 9.59 Å². The van der Waals surface area contributed by atoms with Crippen LogP contribution in [0.25, 0.3) is 0 Å². The van der Waals surface area contributed by atoms with E-state index in [1.165, 1.54) is 0 Å². The fourth-order valence-corrected chi connectivity index (χ4v) is 2.61. The summed E-state index contributed by atoms with van der Waals surface area (Å²) in [5.74, 6) is -0.887. The van der Waals surface area contributed by atoms with E-state index in [2.05, 4.69) is 10.6 Å². The molecule has 5 heteroatoms. The van der Waals surface area contributed by atoms with Crippen molar-refractivity contribution in [1.29, 1.82) is 0 Å². The number of amides is 1. The normalized spacial score (nSPS) is 21.8. The molecule has 1 aromatic rings. The molecule has 21 heavy (non-hydrogen) atoms. The van der Waals surface area contributed by atoms with E-state index < -0.39 is 11.5 Å². The Morgan fingerprint density at radius 1 is 1.33 bits per heavy atom. The van der Waals surface area contributed by atoms with Gasteiger partial charge in [0.25, 0.3) is 0 Å². The lowest BCUT2D eigenvalue weighted by Gasteiger charge is -2.33. The van der Waals surface area contributed by atoms with Crippen LogP contribution in [0.5, 0.6) is 0 Å². The maximum Gasteiger partial charge on any atom is 0.303 e. The molecule has 1 unspecified atom stereocenters. The van der Waals surface area contributed by atoms with Crippen molar-refractivity contribution in [3.63, 3.8) is 0 Å². The second kappa shape index (κ2) is 6.72. The Morgan fingerprint density at radius 2 is 2.10 bits per heavy atom. The van der Waals surface area contributed by atoms with Crippen LogP contribution < -0.4 is 10.6 Å². The van der Waals surface area contributed by atoms with Gasteiger partial charge in [-0.05, 0) is 50.8 Å². The first-order valence-electron chi connectivity index (χ1n) is 7.37. The molecule has 0 bridgehead atoms. The number of carboxylic acid groups (broad SMARTS) is 1. The van der Waals surface area contributed by atoms with Crippen molar-refractivity contribution in [2.24, 2.45) is 0 Å². The van der Waals surface area contributed by atoms with Crippen LogP contribution in [0.4, 0.5) is 5.69 Å². The third-order valence-corrected chi connectivity index (χ3v) is 3.99. The van der Waals surface area contributed by atoms with Gasteiger partial charge in [0.1, 0.15) is 0 Å². The molecule has 5 nitrogen and oxygen atoms in total. The van der Waals surface area contributed by atoms with Crippen LogP contribution >= 0.6 is 0 Å². The third kappa shape index (κ3) is 4.04. The van der Waals surface area contributed by atoms with Gasteiger partial charge in [0.2, 0.25) is 5.91 Å². The molecule has 1 aliphatic rings. The standard InChI is InChI=1S/C16H22N2O3/c1-16(10-4-5-11-17-16)15(21)18-13-7-3-2-6-12(13)8-9-14(19)20/h2-3,6-7,17H,4-5,8-11H2,1H3,(H,18,21)(H,19,20). The van der Waals surface area contributed by atoms with Gasteiger partial charge in [-0.25, -0.2) is 0 Å². The summed E-state index contributed by atoms with van der Waals surface area (Å²) in [7, 11) is 0. The van der Waals surface area contributed by atoms with Crippen molar-refractivity contribution in [2.75, 3.05) is 11.9 Å². The Kier molecular flexibility index (Phi) is 4.96. The summed E-state index contributed by atoms with van der Waals surface area (Å²) in [5.41, 5.74) is 1.02. The average Bonchev–Trinajstić information content (AvgIpc) is 2.47. The largest absolute Gasteiger partial charge is 0.481 e. The van der Waals surface area contributed by atoms with Crippen LogP contribution in [0.3, 0.4) is 0 Å². The molecule has 3 N–H and O–H groups in total. The fourth-order valence-electron chi connectivity index (χ4n) is 2.61. The van der Waals surface area contributed by atoms with Crippen molar-refractivity contribution >= 4 is 17.6 Å². The second-order valence-electron chi connectivity index (χ2n) is 5.72. The molecule has 1 heterocycles. The molecule has 0 aromatic heterocycles. The van der Waals surface area contributed by atoms with Crippen LogP contribution in [0, 0.1) is 0 Å². The minimum Gasteiger partial charge on any atom is -0.481 e. The molecule has 0 aliphatic carbocycles. The smallest absolute Gasteiger partial charge is 0.303 e. The zero-order valence-electron chi connectivity index (χ0n) is 12.3. The minimum atomic E-state index is -0.836. The maximum atomic E-state index is 12.5. The van der Waals surface area contributed by atoms with Gasteiger partial charge in [0.15, 0.2) is 0 Å². The first kappa shape index (κ1) is 15.5. The van der Waals surface area contributed by atoms with E-state index in [4.69, 9.17) is 5.11 Å². The van der Waals surface area contributed by atoms with E-state index in [1.54, 1.807) is 0 Å². The van der Waals surface area contributed by atoms with E-state index >= 15 is 0 Å². The van der Waals surface area contributed by atoms with E-state index in [1.807, 2.05) is 31.2 Å². The summed E-state index contributed by atoms with van der Waals surface area (Å²) in [6, 6.07) is 7.38. The number of hydrogen-bond donors (Lipinski definition) is 3. The van der Waals surface area contributed by atoms with Gasteiger partial charge in [0, 0.05) is 12.1 Å². The lowest BCUT2D eigenvalue weighted by molar-refractivity contribution is -0.137. The number of nitrogens with one attached hydrogen (secondary N) is 2. The van der Waals surface area contributed by atoms with E-state index in [0.29, 0.717) is 12.1 Å². The molecule has 0 radical (unpaired) electrons. The highest BCUT2D eigenvalue weighted by molar-refractivity contribution is 5.98. The highest BCUT2D eigenvalue weighted by Gasteiger charge is 2.34. The lowest BCUT2D eigenvalue weighted by atomic mass is 9.90. The number of aryl methyl sites for hydroxylation is 1. The lowest BCUT2D eigenvalue weighted by Crippen LogP contribution is -2.54. The molecule has 1 atom stereocenters. The number of carbonyl (C=O) groups is 2. The summed E-state index contributed by atoms with van der Waals surface area (Å²) in [6.07, 6.45) is 3.42. The number of anilines is 1. The summed E-state index contributed by atoms with van der Waals surface area (Å²) in [4.78, 5) is 23.2. The van der Waals surface area contributed by atoms with Crippen LogP contribution in [0.15, 0.2) is 24.3 Å². The van der Waals surface area contributed by atoms with Gasteiger partial charge in [-0.15, -0.1) is 0 Å². The molecular weight excluding hydrogens is 268 g/mol. The summed E-state index contributed by atoms with van der Waals surface area (Å²) in [5, 5.41) is 15.0. The Labute approximate surface area is 124 Å². The van der Waals surface area contributed by atoms with E-state index in [0.717, 1.165) is 31.4 Å². The number of carbonyl (C=O) groups excluding carboxylic acids is 1. The van der Waals surface area contributed by atoms with Crippen LogP contribution in [-0.4, -0.2) is 29.1 Å². The Bertz CT molecular complexity index is 522. The SMILES string of the molecule is CC1(C(=O)Nc2ccccc2CCC(=O)O)CCCCN1. The number of hydrogen-bond acceptors (Lipinski definition) is 3. The maximum absolute atomic E-state index is 12.5. The molecule has 1 saturated heterocycles. The summed E-state index contributed by atoms with van der Waals surface area (Å²) < 4.78 is 0. The molecule has 1 aromatic carbocycles. The number of carboxylic acids is 1. The van der Waals surface area contributed by atoms with Gasteiger partial charge >= 0.3 is 5.97 Å². The molecule has 2 rings (SSSR count). The Hall–Kier alpha value is -1.88. The first-order chi connectivity index (χ1) is 10.0. The van der Waals surface area contributed by atoms with Crippen molar-refractivity contribution in [2.45, 2.75) is 44.6 Å². The number of piperidine rings is 1. The Morgan fingerprint density at radius 3 is 2.76 bits per heavy atom. The van der Waals surface area contributed by atoms with Crippen molar-refractivity contribution in [1.82, 2.24) is 5.32 Å². The highest BCUT2D eigenvalue weighted by Crippen LogP contribution is 2.23. The molecule has 1 aliphatic heterocycles. The molecule has 0 saturated carbocycles. The van der Waals surface area contributed by atoms with Crippen molar-refractivity contribution < 1.29 is 14.7 Å². The average molecular weight is 290 g/mol. The van der Waals surface area contributed by atoms with Crippen LogP contribution in [0.1, 0.15) is 38.2 Å². The summed E-state index contributed by atoms with van der Waals surface area (Å²) in [6.45, 7) is 2.77. The van der Waals surface area contributed by atoms with E-state index in [-0.39, 0.29) is 12.3 Å². The zero-order valence-corrected chi connectivity index (χ0v) is 12.3.